The third kappa shape index (κ3) is 8.56. The van der Waals surface area contributed by atoms with Gasteiger partial charge in [-0.05, 0) is 18.8 Å². The van der Waals surface area contributed by atoms with Gasteiger partial charge in [-0.15, -0.1) is 0 Å². The third-order valence-electron chi connectivity index (χ3n) is 4.35. The Morgan fingerprint density at radius 1 is 0.611 bits per heavy atom. The van der Waals surface area contributed by atoms with Crippen LogP contribution < -0.4 is 0 Å². The van der Waals surface area contributed by atoms with Gasteiger partial charge in [-0.1, -0.05) is 77.0 Å². The van der Waals surface area contributed by atoms with Crippen molar-refractivity contribution in [3.63, 3.8) is 0 Å². The molecule has 1 aliphatic rings. The standard InChI is InChI=1S/C17H31N/c18-16-15-17-13-11-9-7-5-3-1-2-4-6-8-10-12-14-17/h17H,1-15H2. The zero-order valence-electron chi connectivity index (χ0n) is 12.1. The average Bonchev–Trinajstić information content (AvgIpc) is 2.39. The molecule has 0 amide bonds. The van der Waals surface area contributed by atoms with E-state index in [-0.39, 0.29) is 0 Å². The lowest BCUT2D eigenvalue weighted by atomic mass is 9.92. The number of nitriles is 1. The van der Waals surface area contributed by atoms with Crippen LogP contribution in [-0.2, 0) is 0 Å². The molecule has 1 rings (SSSR count). The number of hydrogen-bond acceptors (Lipinski definition) is 1. The van der Waals surface area contributed by atoms with Crippen LogP contribution in [0.15, 0.2) is 0 Å². The van der Waals surface area contributed by atoms with Gasteiger partial charge < -0.3 is 0 Å². The van der Waals surface area contributed by atoms with Crippen LogP contribution in [0.5, 0.6) is 0 Å². The van der Waals surface area contributed by atoms with Crippen LogP contribution in [-0.4, -0.2) is 0 Å². The largest absolute Gasteiger partial charge is 0.198 e. The lowest BCUT2D eigenvalue weighted by molar-refractivity contribution is 0.411. The van der Waals surface area contributed by atoms with Gasteiger partial charge in [0.1, 0.15) is 0 Å². The van der Waals surface area contributed by atoms with E-state index in [9.17, 15) is 0 Å². The molecule has 0 spiro atoms. The van der Waals surface area contributed by atoms with Crippen LogP contribution in [0.25, 0.3) is 0 Å². The minimum Gasteiger partial charge on any atom is -0.198 e. The second-order valence-corrected chi connectivity index (χ2v) is 6.05. The molecule has 0 unspecified atom stereocenters. The van der Waals surface area contributed by atoms with Gasteiger partial charge in [-0.3, -0.25) is 0 Å². The summed E-state index contributed by atoms with van der Waals surface area (Å²) in [4.78, 5) is 0. The van der Waals surface area contributed by atoms with E-state index in [1.54, 1.807) is 0 Å². The topological polar surface area (TPSA) is 23.8 Å². The van der Waals surface area contributed by atoms with Crippen molar-refractivity contribution < 1.29 is 0 Å². The fourth-order valence-electron chi connectivity index (χ4n) is 3.11. The Morgan fingerprint density at radius 2 is 0.944 bits per heavy atom. The molecule has 0 aromatic rings. The molecular weight excluding hydrogens is 218 g/mol. The smallest absolute Gasteiger partial charge is 0.0624 e. The van der Waals surface area contributed by atoms with Crippen LogP contribution in [0, 0.1) is 17.2 Å². The predicted molar refractivity (Wildman–Crippen MR) is 78.4 cm³/mol. The lowest BCUT2D eigenvalue weighted by Crippen LogP contribution is -2.00. The van der Waals surface area contributed by atoms with Gasteiger partial charge in [0.25, 0.3) is 0 Å². The Morgan fingerprint density at radius 3 is 1.28 bits per heavy atom. The number of nitrogens with zero attached hydrogens (tertiary/aromatic N) is 1. The van der Waals surface area contributed by atoms with Gasteiger partial charge in [0, 0.05) is 6.42 Å². The SMILES string of the molecule is N#CCC1CCCCCCCCCCCCCC1. The van der Waals surface area contributed by atoms with Crippen molar-refractivity contribution in [2.24, 2.45) is 5.92 Å². The molecule has 0 aliphatic heterocycles. The van der Waals surface area contributed by atoms with Gasteiger partial charge in [0.2, 0.25) is 0 Å². The highest BCUT2D eigenvalue weighted by Crippen LogP contribution is 2.22. The highest BCUT2D eigenvalue weighted by molar-refractivity contribution is 4.76. The molecule has 1 heteroatoms. The first-order chi connectivity index (χ1) is 8.93. The summed E-state index contributed by atoms with van der Waals surface area (Å²) in [6.07, 6.45) is 20.4. The second-order valence-electron chi connectivity index (χ2n) is 6.05. The normalized spacial score (nSPS) is 22.6. The summed E-state index contributed by atoms with van der Waals surface area (Å²) in [5.41, 5.74) is 0. The van der Waals surface area contributed by atoms with E-state index in [0.717, 1.165) is 6.42 Å². The number of hydrogen-bond donors (Lipinski definition) is 0. The molecule has 0 aromatic carbocycles. The van der Waals surface area contributed by atoms with Crippen LogP contribution in [0.3, 0.4) is 0 Å². The first-order valence-corrected chi connectivity index (χ1v) is 8.30. The second kappa shape index (κ2) is 11.6. The Kier molecular flexibility index (Phi) is 10.00. The van der Waals surface area contributed by atoms with Gasteiger partial charge in [-0.2, -0.15) is 5.26 Å². The van der Waals surface area contributed by atoms with Crippen molar-refractivity contribution >= 4 is 0 Å². The summed E-state index contributed by atoms with van der Waals surface area (Å²) in [5.74, 6) is 0.695. The molecule has 1 nitrogen and oxygen atoms in total. The molecule has 0 bridgehead atoms. The monoisotopic (exact) mass is 249 g/mol. The highest BCUT2D eigenvalue weighted by Gasteiger charge is 2.08. The van der Waals surface area contributed by atoms with Crippen molar-refractivity contribution in [2.45, 2.75) is 96.3 Å². The molecule has 0 aromatic heterocycles. The van der Waals surface area contributed by atoms with E-state index in [4.69, 9.17) is 5.26 Å². The fraction of sp³-hybridized carbons (Fsp3) is 0.941. The first-order valence-electron chi connectivity index (χ1n) is 8.30. The fourth-order valence-corrected chi connectivity index (χ4v) is 3.11. The van der Waals surface area contributed by atoms with E-state index in [0.29, 0.717) is 5.92 Å². The molecule has 0 saturated heterocycles. The molecule has 0 N–H and O–H groups in total. The first kappa shape index (κ1) is 15.5. The van der Waals surface area contributed by atoms with Crippen LogP contribution in [0.4, 0.5) is 0 Å². The molecule has 18 heavy (non-hydrogen) atoms. The highest BCUT2D eigenvalue weighted by atomic mass is 14.2. The quantitative estimate of drug-likeness (QED) is 0.560. The van der Waals surface area contributed by atoms with Crippen molar-refractivity contribution in [3.05, 3.63) is 0 Å². The summed E-state index contributed by atoms with van der Waals surface area (Å²) in [6, 6.07) is 2.38. The van der Waals surface area contributed by atoms with Crippen molar-refractivity contribution in [3.8, 4) is 6.07 Å². The summed E-state index contributed by atoms with van der Waals surface area (Å²) >= 11 is 0. The van der Waals surface area contributed by atoms with E-state index in [1.807, 2.05) is 0 Å². The third-order valence-corrected chi connectivity index (χ3v) is 4.35. The minimum absolute atomic E-state index is 0.695. The molecule has 0 atom stereocenters. The van der Waals surface area contributed by atoms with Gasteiger partial charge in [-0.25, -0.2) is 0 Å². The van der Waals surface area contributed by atoms with Crippen LogP contribution in [0.2, 0.25) is 0 Å². The summed E-state index contributed by atoms with van der Waals surface area (Å²) < 4.78 is 0. The predicted octanol–water partition coefficient (Wildman–Crippen LogP) is 5.99. The van der Waals surface area contributed by atoms with E-state index in [1.165, 1.54) is 89.9 Å². The molecule has 104 valence electrons. The zero-order chi connectivity index (χ0) is 12.9. The Hall–Kier alpha value is -0.510. The molecular formula is C17H31N. The van der Waals surface area contributed by atoms with Gasteiger partial charge >= 0.3 is 0 Å². The maximum absolute atomic E-state index is 8.88. The van der Waals surface area contributed by atoms with Crippen LogP contribution >= 0.6 is 0 Å². The molecule has 0 radical (unpaired) electrons. The maximum Gasteiger partial charge on any atom is 0.0624 e. The Balaban J connectivity index is 2.22. The molecule has 1 saturated carbocycles. The molecule has 1 aliphatic carbocycles. The summed E-state index contributed by atoms with van der Waals surface area (Å²) in [5, 5.41) is 8.88. The van der Waals surface area contributed by atoms with Crippen molar-refractivity contribution in [1.82, 2.24) is 0 Å². The average molecular weight is 249 g/mol. The lowest BCUT2D eigenvalue weighted by Gasteiger charge is -2.13. The maximum atomic E-state index is 8.88. The van der Waals surface area contributed by atoms with Crippen molar-refractivity contribution in [2.75, 3.05) is 0 Å². The Bertz CT molecular complexity index is 200. The van der Waals surface area contributed by atoms with Gasteiger partial charge in [0.15, 0.2) is 0 Å². The van der Waals surface area contributed by atoms with Crippen molar-refractivity contribution in [1.29, 1.82) is 5.26 Å². The van der Waals surface area contributed by atoms with Crippen LogP contribution in [0.1, 0.15) is 96.3 Å². The molecule has 1 fully saturated rings. The zero-order valence-corrected chi connectivity index (χ0v) is 12.1. The van der Waals surface area contributed by atoms with E-state index >= 15 is 0 Å². The Labute approximate surface area is 114 Å². The number of rotatable bonds is 1. The minimum atomic E-state index is 0.695. The summed E-state index contributed by atoms with van der Waals surface area (Å²) in [7, 11) is 0. The summed E-state index contributed by atoms with van der Waals surface area (Å²) in [6.45, 7) is 0. The van der Waals surface area contributed by atoms with E-state index in [2.05, 4.69) is 6.07 Å². The van der Waals surface area contributed by atoms with Gasteiger partial charge in [0.05, 0.1) is 6.07 Å². The molecule has 0 heterocycles. The van der Waals surface area contributed by atoms with E-state index < -0.39 is 0 Å².